The first-order valence-electron chi connectivity index (χ1n) is 4.68. The molecule has 1 nitrogen and oxygen atoms in total. The van der Waals surface area contributed by atoms with Crippen molar-refractivity contribution in [1.29, 1.82) is 0 Å². The maximum absolute atomic E-state index is 2.42. The van der Waals surface area contributed by atoms with Crippen LogP contribution in [0.4, 0.5) is 0 Å². The lowest BCUT2D eigenvalue weighted by Gasteiger charge is -2.18. The Morgan fingerprint density at radius 3 is 3.08 bits per heavy atom. The SMILES string of the molecule is CCc1ccc2n1CC(C)C=C2. The molecule has 64 valence electrons. The highest BCUT2D eigenvalue weighted by atomic mass is 15.0. The van der Waals surface area contributed by atoms with E-state index in [1.165, 1.54) is 11.4 Å². The standard InChI is InChI=1S/C11H15N/c1-3-10-6-7-11-5-4-9(2)8-12(10)11/h4-7,9H,3,8H2,1-2H3. The van der Waals surface area contributed by atoms with E-state index in [1.807, 2.05) is 0 Å². The molecule has 1 aromatic heterocycles. The second kappa shape index (κ2) is 2.81. The zero-order valence-electron chi connectivity index (χ0n) is 7.75. The fourth-order valence-corrected chi connectivity index (χ4v) is 1.82. The Morgan fingerprint density at radius 2 is 2.33 bits per heavy atom. The number of nitrogens with zero attached hydrogens (tertiary/aromatic N) is 1. The van der Waals surface area contributed by atoms with Crippen molar-refractivity contribution in [3.05, 3.63) is 29.6 Å². The van der Waals surface area contributed by atoms with Crippen molar-refractivity contribution in [1.82, 2.24) is 4.57 Å². The Morgan fingerprint density at radius 1 is 1.50 bits per heavy atom. The highest BCUT2D eigenvalue weighted by molar-refractivity contribution is 5.49. The smallest absolute Gasteiger partial charge is 0.0405 e. The predicted molar refractivity (Wildman–Crippen MR) is 52.0 cm³/mol. The van der Waals surface area contributed by atoms with Gasteiger partial charge in [-0.25, -0.2) is 0 Å². The monoisotopic (exact) mass is 161 g/mol. The Balaban J connectivity index is 2.43. The van der Waals surface area contributed by atoms with Gasteiger partial charge in [-0.3, -0.25) is 0 Å². The minimum Gasteiger partial charge on any atom is -0.345 e. The Bertz CT molecular complexity index is 307. The number of aromatic nitrogens is 1. The first-order chi connectivity index (χ1) is 5.81. The molecule has 0 fully saturated rings. The molecule has 0 saturated carbocycles. The number of aryl methyl sites for hydroxylation is 1. The minimum absolute atomic E-state index is 0.690. The van der Waals surface area contributed by atoms with Crippen molar-refractivity contribution in [2.45, 2.75) is 26.8 Å². The predicted octanol–water partition coefficient (Wildman–Crippen LogP) is 2.71. The van der Waals surface area contributed by atoms with E-state index in [9.17, 15) is 0 Å². The summed E-state index contributed by atoms with van der Waals surface area (Å²) in [4.78, 5) is 0. The van der Waals surface area contributed by atoms with E-state index in [0.29, 0.717) is 5.92 Å². The number of rotatable bonds is 1. The first-order valence-corrected chi connectivity index (χ1v) is 4.68. The quantitative estimate of drug-likeness (QED) is 0.597. The van der Waals surface area contributed by atoms with Crippen LogP contribution in [0.1, 0.15) is 25.2 Å². The van der Waals surface area contributed by atoms with Gasteiger partial charge >= 0.3 is 0 Å². The zero-order chi connectivity index (χ0) is 8.55. The molecule has 0 amide bonds. The van der Waals surface area contributed by atoms with Crippen LogP contribution in [0.3, 0.4) is 0 Å². The summed E-state index contributed by atoms with van der Waals surface area (Å²) in [6.07, 6.45) is 5.66. The molecule has 0 bridgehead atoms. The summed E-state index contributed by atoms with van der Waals surface area (Å²) in [5.41, 5.74) is 2.83. The number of allylic oxidation sites excluding steroid dienone is 1. The summed E-state index contributed by atoms with van der Waals surface area (Å²) < 4.78 is 2.42. The van der Waals surface area contributed by atoms with E-state index in [-0.39, 0.29) is 0 Å². The molecule has 0 aromatic carbocycles. The van der Waals surface area contributed by atoms with Gasteiger partial charge in [0.05, 0.1) is 0 Å². The van der Waals surface area contributed by atoms with Crippen molar-refractivity contribution in [2.75, 3.05) is 0 Å². The van der Waals surface area contributed by atoms with Gasteiger partial charge in [-0.15, -0.1) is 0 Å². The fraction of sp³-hybridized carbons (Fsp3) is 0.455. The lowest BCUT2D eigenvalue weighted by molar-refractivity contribution is 0.543. The van der Waals surface area contributed by atoms with Crippen LogP contribution in [0.5, 0.6) is 0 Å². The maximum atomic E-state index is 2.42. The van der Waals surface area contributed by atoms with Crippen LogP contribution in [0, 0.1) is 5.92 Å². The van der Waals surface area contributed by atoms with Gasteiger partial charge in [-0.2, -0.15) is 0 Å². The Kier molecular flexibility index (Phi) is 1.80. The van der Waals surface area contributed by atoms with Crippen LogP contribution >= 0.6 is 0 Å². The molecule has 0 N–H and O–H groups in total. The molecule has 0 spiro atoms. The van der Waals surface area contributed by atoms with Gasteiger partial charge in [0.25, 0.3) is 0 Å². The molecule has 1 heteroatoms. The lowest BCUT2D eigenvalue weighted by Crippen LogP contribution is -2.12. The van der Waals surface area contributed by atoms with Crippen molar-refractivity contribution in [3.63, 3.8) is 0 Å². The van der Waals surface area contributed by atoms with Gasteiger partial charge in [0.2, 0.25) is 0 Å². The second-order valence-corrected chi connectivity index (χ2v) is 3.55. The van der Waals surface area contributed by atoms with Gasteiger partial charge in [-0.1, -0.05) is 19.9 Å². The molecule has 1 aromatic rings. The third-order valence-electron chi connectivity index (χ3n) is 2.53. The third-order valence-corrected chi connectivity index (χ3v) is 2.53. The van der Waals surface area contributed by atoms with Crippen LogP contribution < -0.4 is 0 Å². The van der Waals surface area contributed by atoms with E-state index in [4.69, 9.17) is 0 Å². The van der Waals surface area contributed by atoms with Crippen LogP contribution in [0.25, 0.3) is 6.08 Å². The molecule has 1 aliphatic rings. The molecule has 0 aliphatic carbocycles. The highest BCUT2D eigenvalue weighted by Crippen LogP contribution is 2.20. The average molecular weight is 161 g/mol. The molecule has 2 heterocycles. The number of hydrogen-bond donors (Lipinski definition) is 0. The topological polar surface area (TPSA) is 4.93 Å². The molecular weight excluding hydrogens is 146 g/mol. The fourth-order valence-electron chi connectivity index (χ4n) is 1.82. The number of fused-ring (bicyclic) bond motifs is 1. The van der Waals surface area contributed by atoms with Crippen LogP contribution in [-0.2, 0) is 13.0 Å². The van der Waals surface area contributed by atoms with E-state index >= 15 is 0 Å². The lowest BCUT2D eigenvalue weighted by atomic mass is 10.1. The molecular formula is C11H15N. The molecule has 12 heavy (non-hydrogen) atoms. The molecule has 1 aliphatic heterocycles. The molecule has 2 rings (SSSR count). The average Bonchev–Trinajstić information content (AvgIpc) is 2.46. The Hall–Kier alpha value is -0.980. The largest absolute Gasteiger partial charge is 0.345 e. The van der Waals surface area contributed by atoms with Crippen molar-refractivity contribution in [3.8, 4) is 0 Å². The van der Waals surface area contributed by atoms with Crippen molar-refractivity contribution in [2.24, 2.45) is 5.92 Å². The summed E-state index contributed by atoms with van der Waals surface area (Å²) in [5.74, 6) is 0.690. The maximum Gasteiger partial charge on any atom is 0.0405 e. The van der Waals surface area contributed by atoms with Gasteiger partial charge in [-0.05, 0) is 30.5 Å². The summed E-state index contributed by atoms with van der Waals surface area (Å²) >= 11 is 0. The second-order valence-electron chi connectivity index (χ2n) is 3.55. The molecule has 0 saturated heterocycles. The third kappa shape index (κ3) is 1.09. The first kappa shape index (κ1) is 7.66. The van der Waals surface area contributed by atoms with E-state index < -0.39 is 0 Å². The highest BCUT2D eigenvalue weighted by Gasteiger charge is 2.10. The minimum atomic E-state index is 0.690. The normalized spacial score (nSPS) is 21.0. The van der Waals surface area contributed by atoms with Gasteiger partial charge < -0.3 is 4.57 Å². The van der Waals surface area contributed by atoms with Crippen LogP contribution in [-0.4, -0.2) is 4.57 Å². The van der Waals surface area contributed by atoms with Crippen LogP contribution in [0.2, 0.25) is 0 Å². The summed E-state index contributed by atoms with van der Waals surface area (Å²) in [6.45, 7) is 5.63. The molecule has 1 unspecified atom stereocenters. The molecule has 0 radical (unpaired) electrons. The van der Waals surface area contributed by atoms with Crippen LogP contribution in [0.15, 0.2) is 18.2 Å². The summed E-state index contributed by atoms with van der Waals surface area (Å²) in [7, 11) is 0. The summed E-state index contributed by atoms with van der Waals surface area (Å²) in [5, 5.41) is 0. The summed E-state index contributed by atoms with van der Waals surface area (Å²) in [6, 6.07) is 4.44. The van der Waals surface area contributed by atoms with Crippen molar-refractivity contribution >= 4 is 6.08 Å². The van der Waals surface area contributed by atoms with E-state index in [1.54, 1.807) is 0 Å². The van der Waals surface area contributed by atoms with E-state index in [2.05, 4.69) is 42.7 Å². The molecule has 1 atom stereocenters. The van der Waals surface area contributed by atoms with Crippen molar-refractivity contribution < 1.29 is 0 Å². The number of hydrogen-bond acceptors (Lipinski definition) is 0. The van der Waals surface area contributed by atoms with E-state index in [0.717, 1.165) is 13.0 Å². The van der Waals surface area contributed by atoms with Gasteiger partial charge in [0, 0.05) is 17.9 Å². The Labute approximate surface area is 73.7 Å². The van der Waals surface area contributed by atoms with Gasteiger partial charge in [0.1, 0.15) is 0 Å². The van der Waals surface area contributed by atoms with Gasteiger partial charge in [0.15, 0.2) is 0 Å². The zero-order valence-corrected chi connectivity index (χ0v) is 7.75.